The summed E-state index contributed by atoms with van der Waals surface area (Å²) in [5.74, 6) is 0.298. The van der Waals surface area contributed by atoms with Crippen LogP contribution in [0.25, 0.3) is 11.2 Å². The molecule has 0 spiro atoms. The molecule has 88 valence electrons. The maximum Gasteiger partial charge on any atom is 0.417 e. The molecule has 16 heavy (non-hydrogen) atoms. The van der Waals surface area contributed by atoms with Crippen molar-refractivity contribution in [1.29, 1.82) is 0 Å². The van der Waals surface area contributed by atoms with Gasteiger partial charge in [0.1, 0.15) is 5.52 Å². The molecular weight excluding hydrogens is 221 g/mol. The first-order valence-corrected chi connectivity index (χ1v) is 4.77. The Bertz CT molecular complexity index is 476. The fourth-order valence-electron chi connectivity index (χ4n) is 1.09. The molecule has 2 rings (SSSR count). The van der Waals surface area contributed by atoms with Crippen molar-refractivity contribution in [1.82, 2.24) is 9.97 Å². The minimum Gasteiger partial charge on any atom is -0.423 e. The van der Waals surface area contributed by atoms with Gasteiger partial charge in [-0.3, -0.25) is 0 Å². The first-order valence-electron chi connectivity index (χ1n) is 4.77. The Morgan fingerprint density at radius 2 is 1.88 bits per heavy atom. The molecule has 2 aromatic heterocycles. The lowest BCUT2D eigenvalue weighted by Crippen LogP contribution is -2.04. The molecule has 0 unspecified atom stereocenters. The zero-order valence-electron chi connectivity index (χ0n) is 9.09. The van der Waals surface area contributed by atoms with Crippen molar-refractivity contribution in [2.75, 3.05) is 0 Å². The van der Waals surface area contributed by atoms with Crippen LogP contribution in [0.1, 0.15) is 25.3 Å². The molecule has 0 saturated carbocycles. The maximum atomic E-state index is 12.2. The van der Waals surface area contributed by atoms with Gasteiger partial charge in [0.25, 0.3) is 0 Å². The van der Waals surface area contributed by atoms with Gasteiger partial charge in [-0.1, -0.05) is 13.8 Å². The molecule has 0 radical (unpaired) electrons. The number of halogens is 3. The van der Waals surface area contributed by atoms with E-state index in [1.54, 1.807) is 6.92 Å². The molecular formula is C10H11F3N2O. The first kappa shape index (κ1) is 12.5. The Morgan fingerprint density at radius 1 is 1.25 bits per heavy atom. The number of rotatable bonds is 0. The molecule has 0 aliphatic heterocycles. The van der Waals surface area contributed by atoms with E-state index in [4.69, 9.17) is 4.42 Å². The summed E-state index contributed by atoms with van der Waals surface area (Å²) in [5.41, 5.74) is -0.578. The van der Waals surface area contributed by atoms with Crippen LogP contribution in [-0.2, 0) is 6.18 Å². The van der Waals surface area contributed by atoms with Gasteiger partial charge >= 0.3 is 6.18 Å². The van der Waals surface area contributed by atoms with Crippen molar-refractivity contribution in [3.8, 4) is 0 Å². The minimum atomic E-state index is -4.39. The molecule has 0 N–H and O–H groups in total. The zero-order chi connectivity index (χ0) is 12.3. The van der Waals surface area contributed by atoms with Gasteiger partial charge in [0.2, 0.25) is 5.71 Å². The lowest BCUT2D eigenvalue weighted by Gasteiger charge is -2.03. The molecule has 6 heteroatoms. The summed E-state index contributed by atoms with van der Waals surface area (Å²) in [7, 11) is 0. The highest BCUT2D eigenvalue weighted by molar-refractivity contribution is 5.68. The highest BCUT2D eigenvalue weighted by Crippen LogP contribution is 2.30. The van der Waals surface area contributed by atoms with E-state index in [9.17, 15) is 13.2 Å². The molecule has 0 aliphatic carbocycles. The second-order valence-corrected chi connectivity index (χ2v) is 2.78. The quantitative estimate of drug-likeness (QED) is 0.696. The Kier molecular flexibility index (Phi) is 3.51. The van der Waals surface area contributed by atoms with Gasteiger partial charge < -0.3 is 4.42 Å². The van der Waals surface area contributed by atoms with Crippen LogP contribution >= 0.6 is 0 Å². The summed E-state index contributed by atoms with van der Waals surface area (Å²) < 4.78 is 41.6. The summed E-state index contributed by atoms with van der Waals surface area (Å²) in [5, 5.41) is 0. The van der Waals surface area contributed by atoms with Crippen molar-refractivity contribution in [3.05, 3.63) is 23.7 Å². The second-order valence-electron chi connectivity index (χ2n) is 2.78. The molecule has 3 nitrogen and oxygen atoms in total. The average Bonchev–Trinajstić information content (AvgIpc) is 2.58. The van der Waals surface area contributed by atoms with Crippen LogP contribution in [0.3, 0.4) is 0 Å². The molecule has 2 aromatic rings. The molecule has 0 fully saturated rings. The topological polar surface area (TPSA) is 38.9 Å². The van der Waals surface area contributed by atoms with Crippen molar-refractivity contribution in [3.63, 3.8) is 0 Å². The number of aryl methyl sites for hydroxylation is 1. The summed E-state index contributed by atoms with van der Waals surface area (Å²) in [4.78, 5) is 7.28. The number of pyridine rings is 1. The second kappa shape index (κ2) is 4.51. The van der Waals surface area contributed by atoms with E-state index in [1.807, 2.05) is 13.8 Å². The van der Waals surface area contributed by atoms with Gasteiger partial charge in [-0.15, -0.1) is 0 Å². The summed E-state index contributed by atoms with van der Waals surface area (Å²) in [6.07, 6.45) is -3.67. The van der Waals surface area contributed by atoms with E-state index in [0.717, 1.165) is 12.3 Å². The van der Waals surface area contributed by atoms with E-state index in [0.29, 0.717) is 5.89 Å². The monoisotopic (exact) mass is 232 g/mol. The Hall–Kier alpha value is -1.59. The summed E-state index contributed by atoms with van der Waals surface area (Å²) >= 11 is 0. The van der Waals surface area contributed by atoms with Crippen LogP contribution in [0.2, 0.25) is 0 Å². The normalized spacial score (nSPS) is 11.1. The van der Waals surface area contributed by atoms with Crippen LogP contribution in [0.4, 0.5) is 13.2 Å². The fourth-order valence-corrected chi connectivity index (χ4v) is 1.09. The number of hydrogen-bond donors (Lipinski definition) is 0. The van der Waals surface area contributed by atoms with Crippen molar-refractivity contribution in [2.24, 2.45) is 0 Å². The van der Waals surface area contributed by atoms with E-state index >= 15 is 0 Å². The zero-order valence-corrected chi connectivity index (χ0v) is 9.09. The third kappa shape index (κ3) is 2.50. The van der Waals surface area contributed by atoms with E-state index < -0.39 is 11.7 Å². The number of aromatic nitrogens is 2. The van der Waals surface area contributed by atoms with E-state index in [1.165, 1.54) is 0 Å². The lowest BCUT2D eigenvalue weighted by molar-refractivity contribution is -0.137. The maximum absolute atomic E-state index is 12.2. The fraction of sp³-hybridized carbons (Fsp3) is 0.400. The van der Waals surface area contributed by atoms with Crippen LogP contribution < -0.4 is 0 Å². The van der Waals surface area contributed by atoms with E-state index in [2.05, 4.69) is 9.97 Å². The van der Waals surface area contributed by atoms with Crippen LogP contribution in [-0.4, -0.2) is 9.97 Å². The largest absolute Gasteiger partial charge is 0.423 e. The summed E-state index contributed by atoms with van der Waals surface area (Å²) in [6.45, 7) is 5.55. The van der Waals surface area contributed by atoms with Crippen molar-refractivity contribution >= 4 is 11.2 Å². The molecule has 0 aromatic carbocycles. The molecule has 0 aliphatic rings. The Morgan fingerprint density at radius 3 is 2.44 bits per heavy atom. The molecule has 0 saturated heterocycles. The van der Waals surface area contributed by atoms with Crippen LogP contribution in [0, 0.1) is 6.92 Å². The molecule has 2 heterocycles. The van der Waals surface area contributed by atoms with Gasteiger partial charge in [-0.05, 0) is 6.07 Å². The van der Waals surface area contributed by atoms with Gasteiger partial charge in [-0.2, -0.15) is 13.2 Å². The third-order valence-electron chi connectivity index (χ3n) is 1.68. The number of fused-ring (bicyclic) bond motifs is 1. The molecule has 0 atom stereocenters. The number of oxazole rings is 1. The SMILES string of the molecule is CC.Cc1nc2cc(C(F)(F)F)cnc2o1. The highest BCUT2D eigenvalue weighted by Gasteiger charge is 2.31. The average molecular weight is 232 g/mol. The Balaban J connectivity index is 0.000000606. The molecule has 0 bridgehead atoms. The summed E-state index contributed by atoms with van der Waals surface area (Å²) in [6, 6.07) is 0.916. The number of alkyl halides is 3. The third-order valence-corrected chi connectivity index (χ3v) is 1.68. The predicted molar refractivity (Wildman–Crippen MR) is 52.9 cm³/mol. The number of hydrogen-bond acceptors (Lipinski definition) is 3. The van der Waals surface area contributed by atoms with Crippen LogP contribution in [0.5, 0.6) is 0 Å². The Labute approximate surface area is 90.3 Å². The standard InChI is InChI=1S/C8H5F3N2O.C2H6/c1-4-13-6-2-5(8(9,10)11)3-12-7(6)14-4;1-2/h2-3H,1H3;1-2H3. The van der Waals surface area contributed by atoms with Gasteiger partial charge in [0.15, 0.2) is 5.89 Å². The van der Waals surface area contributed by atoms with Gasteiger partial charge in [0.05, 0.1) is 5.56 Å². The van der Waals surface area contributed by atoms with Gasteiger partial charge in [-0.25, -0.2) is 9.97 Å². The van der Waals surface area contributed by atoms with Crippen molar-refractivity contribution in [2.45, 2.75) is 26.9 Å². The lowest BCUT2D eigenvalue weighted by atomic mass is 10.3. The first-order chi connectivity index (χ1) is 7.47. The predicted octanol–water partition coefficient (Wildman–Crippen LogP) is 3.58. The molecule has 0 amide bonds. The highest BCUT2D eigenvalue weighted by atomic mass is 19.4. The minimum absolute atomic E-state index is 0.121. The van der Waals surface area contributed by atoms with E-state index in [-0.39, 0.29) is 11.2 Å². The van der Waals surface area contributed by atoms with Crippen LogP contribution in [0.15, 0.2) is 16.7 Å². The van der Waals surface area contributed by atoms with Gasteiger partial charge in [0, 0.05) is 13.1 Å². The number of nitrogens with zero attached hydrogens (tertiary/aromatic N) is 2. The van der Waals surface area contributed by atoms with Crippen molar-refractivity contribution < 1.29 is 17.6 Å². The smallest absolute Gasteiger partial charge is 0.417 e.